The quantitative estimate of drug-likeness (QED) is 0.631. The minimum Gasteiger partial charge on any atom is -0.497 e. The number of hydrogen-bond acceptors (Lipinski definition) is 7. The lowest BCUT2D eigenvalue weighted by Crippen LogP contribution is -2.09. The third-order valence-electron chi connectivity index (χ3n) is 4.01. The van der Waals surface area contributed by atoms with Crippen LogP contribution in [0.5, 0.6) is 11.5 Å². The molecule has 0 spiro atoms. The lowest BCUT2D eigenvalue weighted by Gasteiger charge is -2.11. The van der Waals surface area contributed by atoms with Gasteiger partial charge in [0.25, 0.3) is 0 Å². The summed E-state index contributed by atoms with van der Waals surface area (Å²) in [5.74, 6) is 2.64. The Morgan fingerprint density at radius 3 is 2.74 bits per heavy atom. The van der Waals surface area contributed by atoms with Crippen LogP contribution in [0.3, 0.4) is 0 Å². The van der Waals surface area contributed by atoms with E-state index in [9.17, 15) is 0 Å². The van der Waals surface area contributed by atoms with Gasteiger partial charge in [0.15, 0.2) is 5.82 Å². The molecule has 0 bridgehead atoms. The molecule has 2 N–H and O–H groups in total. The number of anilines is 3. The summed E-state index contributed by atoms with van der Waals surface area (Å²) in [5, 5.41) is 14.5. The maximum absolute atomic E-state index is 5.37. The molecule has 0 aliphatic heterocycles. The Morgan fingerprint density at radius 2 is 1.93 bits per heavy atom. The van der Waals surface area contributed by atoms with E-state index in [4.69, 9.17) is 9.47 Å². The Balaban J connectivity index is 1.63. The van der Waals surface area contributed by atoms with E-state index in [1.807, 2.05) is 43.3 Å². The summed E-state index contributed by atoms with van der Waals surface area (Å²) in [6, 6.07) is 13.9. The van der Waals surface area contributed by atoms with Crippen molar-refractivity contribution in [3.8, 4) is 11.5 Å². The van der Waals surface area contributed by atoms with Crippen LogP contribution >= 0.6 is 0 Å². The van der Waals surface area contributed by atoms with Crippen molar-refractivity contribution in [2.45, 2.75) is 13.3 Å². The molecule has 0 unspecified atom stereocenters. The van der Waals surface area contributed by atoms with Crippen LogP contribution in [-0.2, 0) is 6.42 Å². The first-order valence-corrected chi connectivity index (χ1v) is 8.66. The molecule has 1 aromatic heterocycles. The molecule has 7 nitrogen and oxygen atoms in total. The van der Waals surface area contributed by atoms with Gasteiger partial charge in [0, 0.05) is 6.54 Å². The molecule has 0 saturated carbocycles. The number of nitrogens with one attached hydrogen (secondary N) is 2. The molecule has 0 fully saturated rings. The zero-order valence-electron chi connectivity index (χ0n) is 15.7. The fourth-order valence-electron chi connectivity index (χ4n) is 2.64. The number of ether oxygens (including phenoxy) is 2. The van der Waals surface area contributed by atoms with Gasteiger partial charge >= 0.3 is 0 Å². The smallest absolute Gasteiger partial charge is 0.249 e. The average molecular weight is 365 g/mol. The van der Waals surface area contributed by atoms with Crippen molar-refractivity contribution in [2.24, 2.45) is 0 Å². The third-order valence-corrected chi connectivity index (χ3v) is 4.01. The van der Waals surface area contributed by atoms with E-state index in [2.05, 4.69) is 31.9 Å². The largest absolute Gasteiger partial charge is 0.497 e. The molecule has 2 aromatic carbocycles. The predicted molar refractivity (Wildman–Crippen MR) is 106 cm³/mol. The van der Waals surface area contributed by atoms with Crippen LogP contribution in [0.25, 0.3) is 0 Å². The van der Waals surface area contributed by atoms with Crippen LogP contribution in [0, 0.1) is 6.92 Å². The van der Waals surface area contributed by atoms with E-state index in [0.29, 0.717) is 11.8 Å². The first kappa shape index (κ1) is 18.4. The van der Waals surface area contributed by atoms with Crippen molar-refractivity contribution in [1.82, 2.24) is 15.2 Å². The highest BCUT2D eigenvalue weighted by atomic mass is 16.5. The number of benzene rings is 2. The molecule has 7 heteroatoms. The predicted octanol–water partition coefficient (Wildman–Crippen LogP) is 3.60. The second-order valence-electron chi connectivity index (χ2n) is 6.02. The molecule has 27 heavy (non-hydrogen) atoms. The number of methoxy groups -OCH3 is 2. The molecular formula is C20H23N5O2. The molecular weight excluding hydrogens is 342 g/mol. The molecule has 0 radical (unpaired) electrons. The summed E-state index contributed by atoms with van der Waals surface area (Å²) in [4.78, 5) is 4.46. The standard InChI is InChI=1S/C20H23N5O2/c1-14-7-8-18(27-3)17(11-14)23-20-24-19(13-22-25-20)21-10-9-15-5-4-6-16(12-15)26-2/h4-8,11-13H,9-10H2,1-3H3,(H2,21,23,24,25). The van der Waals surface area contributed by atoms with Gasteiger partial charge in [-0.2, -0.15) is 10.1 Å². The summed E-state index contributed by atoms with van der Waals surface area (Å²) < 4.78 is 10.6. The molecule has 0 atom stereocenters. The van der Waals surface area contributed by atoms with E-state index >= 15 is 0 Å². The highest BCUT2D eigenvalue weighted by molar-refractivity contribution is 5.63. The molecule has 0 aliphatic carbocycles. The first-order chi connectivity index (χ1) is 13.2. The van der Waals surface area contributed by atoms with E-state index < -0.39 is 0 Å². The number of rotatable bonds is 8. The van der Waals surface area contributed by atoms with Gasteiger partial charge in [0.2, 0.25) is 5.95 Å². The Labute approximate surface area is 158 Å². The monoisotopic (exact) mass is 365 g/mol. The third kappa shape index (κ3) is 5.07. The molecule has 140 valence electrons. The molecule has 0 aliphatic rings. The first-order valence-electron chi connectivity index (χ1n) is 8.66. The Kier molecular flexibility index (Phi) is 6.04. The summed E-state index contributed by atoms with van der Waals surface area (Å²) in [5.41, 5.74) is 3.10. The second-order valence-corrected chi connectivity index (χ2v) is 6.02. The topological polar surface area (TPSA) is 81.2 Å². The summed E-state index contributed by atoms with van der Waals surface area (Å²) in [6.45, 7) is 2.74. The maximum Gasteiger partial charge on any atom is 0.249 e. The van der Waals surface area contributed by atoms with Crippen molar-refractivity contribution in [3.63, 3.8) is 0 Å². The van der Waals surface area contributed by atoms with Crippen molar-refractivity contribution in [1.29, 1.82) is 0 Å². The molecule has 3 rings (SSSR count). The van der Waals surface area contributed by atoms with Gasteiger partial charge in [-0.25, -0.2) is 0 Å². The van der Waals surface area contributed by atoms with Crippen molar-refractivity contribution >= 4 is 17.5 Å². The number of aromatic nitrogens is 3. The van der Waals surface area contributed by atoms with Gasteiger partial charge in [0.1, 0.15) is 11.5 Å². The van der Waals surface area contributed by atoms with Crippen LogP contribution in [0.1, 0.15) is 11.1 Å². The van der Waals surface area contributed by atoms with Crippen LogP contribution < -0.4 is 20.1 Å². The Morgan fingerprint density at radius 1 is 1.04 bits per heavy atom. The highest BCUT2D eigenvalue weighted by Gasteiger charge is 2.07. The number of aryl methyl sites for hydroxylation is 1. The van der Waals surface area contributed by atoms with Crippen LogP contribution in [-0.4, -0.2) is 35.9 Å². The van der Waals surface area contributed by atoms with E-state index in [-0.39, 0.29) is 0 Å². The van der Waals surface area contributed by atoms with Crippen molar-refractivity contribution < 1.29 is 9.47 Å². The maximum atomic E-state index is 5.37. The molecule has 0 saturated heterocycles. The summed E-state index contributed by atoms with van der Waals surface area (Å²) in [6.07, 6.45) is 2.44. The van der Waals surface area contributed by atoms with E-state index in [1.54, 1.807) is 20.4 Å². The number of nitrogens with zero attached hydrogens (tertiary/aromatic N) is 3. The highest BCUT2D eigenvalue weighted by Crippen LogP contribution is 2.27. The van der Waals surface area contributed by atoms with E-state index in [0.717, 1.165) is 35.7 Å². The van der Waals surface area contributed by atoms with Gasteiger partial charge in [-0.3, -0.25) is 0 Å². The normalized spacial score (nSPS) is 10.3. The lowest BCUT2D eigenvalue weighted by atomic mass is 10.1. The van der Waals surface area contributed by atoms with Crippen molar-refractivity contribution in [3.05, 3.63) is 59.8 Å². The van der Waals surface area contributed by atoms with E-state index in [1.165, 1.54) is 5.56 Å². The average Bonchev–Trinajstić information content (AvgIpc) is 2.69. The molecule has 0 amide bonds. The molecule has 3 aromatic rings. The molecule has 1 heterocycles. The minimum absolute atomic E-state index is 0.408. The summed E-state index contributed by atoms with van der Waals surface area (Å²) >= 11 is 0. The van der Waals surface area contributed by atoms with Gasteiger partial charge in [-0.1, -0.05) is 18.2 Å². The van der Waals surface area contributed by atoms with Gasteiger partial charge in [-0.15, -0.1) is 5.10 Å². The minimum atomic E-state index is 0.408. The second kappa shape index (κ2) is 8.84. The van der Waals surface area contributed by atoms with Gasteiger partial charge in [0.05, 0.1) is 26.1 Å². The van der Waals surface area contributed by atoms with Crippen LogP contribution in [0.2, 0.25) is 0 Å². The van der Waals surface area contributed by atoms with Crippen LogP contribution in [0.4, 0.5) is 17.5 Å². The fourth-order valence-corrected chi connectivity index (χ4v) is 2.64. The van der Waals surface area contributed by atoms with Gasteiger partial charge in [-0.05, 0) is 48.7 Å². The van der Waals surface area contributed by atoms with Gasteiger partial charge < -0.3 is 20.1 Å². The fraction of sp³-hybridized carbons (Fsp3) is 0.250. The van der Waals surface area contributed by atoms with Crippen molar-refractivity contribution in [2.75, 3.05) is 31.4 Å². The zero-order valence-corrected chi connectivity index (χ0v) is 15.7. The van der Waals surface area contributed by atoms with Crippen LogP contribution in [0.15, 0.2) is 48.7 Å². The number of hydrogen-bond donors (Lipinski definition) is 2. The zero-order chi connectivity index (χ0) is 19.1. The Hall–Kier alpha value is -3.35. The SMILES string of the molecule is COc1cccc(CCNc2cnnc(Nc3cc(C)ccc3OC)n2)c1. The summed E-state index contributed by atoms with van der Waals surface area (Å²) in [7, 11) is 3.30. The lowest BCUT2D eigenvalue weighted by molar-refractivity contribution is 0.414. The Bertz CT molecular complexity index is 901.